The number of rotatable bonds is 11. The summed E-state index contributed by atoms with van der Waals surface area (Å²) in [6, 6.07) is 10.0. The standard InChI is InChI=1S/C22H25N5O8S2/c1-3-26(4-2)13-14-36(31,32)17-9-5-15(6-10-17)23-24-19-20(22(29)30)25-27(21(19)28)16-7-11-18(12-8-16)37(33,34)35/h5-12,28H,3-4,13-14H2,1-2H3,(H,29,30)(H,33,34,35)/b24-23+. The largest absolute Gasteiger partial charge is 0.492 e. The minimum absolute atomic E-state index is 0.0458. The van der Waals surface area contributed by atoms with Crippen LogP contribution in [0.1, 0.15) is 24.3 Å². The van der Waals surface area contributed by atoms with E-state index < -0.39 is 48.1 Å². The second kappa shape index (κ2) is 11.2. The predicted octanol–water partition coefficient (Wildman–Crippen LogP) is 3.05. The fourth-order valence-electron chi connectivity index (χ4n) is 3.31. The Bertz CT molecular complexity index is 1510. The molecule has 0 spiro atoms. The van der Waals surface area contributed by atoms with Gasteiger partial charge in [-0.25, -0.2) is 13.2 Å². The highest BCUT2D eigenvalue weighted by molar-refractivity contribution is 7.91. The van der Waals surface area contributed by atoms with Crippen molar-refractivity contribution in [2.75, 3.05) is 25.4 Å². The highest BCUT2D eigenvalue weighted by atomic mass is 32.2. The SMILES string of the molecule is CCN(CC)CCS(=O)(=O)c1ccc(/N=N/c2c(C(=O)O)nn(-c3ccc(S(=O)(=O)O)cc3)c2O)cc1. The van der Waals surface area contributed by atoms with Gasteiger partial charge in [0.2, 0.25) is 11.6 Å². The van der Waals surface area contributed by atoms with Crippen molar-refractivity contribution in [3.8, 4) is 11.6 Å². The number of aromatic hydroxyl groups is 1. The Balaban J connectivity index is 1.86. The van der Waals surface area contributed by atoms with Crippen molar-refractivity contribution in [2.24, 2.45) is 10.2 Å². The van der Waals surface area contributed by atoms with Crippen LogP contribution >= 0.6 is 0 Å². The van der Waals surface area contributed by atoms with E-state index in [0.717, 1.165) is 29.9 Å². The van der Waals surface area contributed by atoms with E-state index in [1.165, 1.54) is 36.4 Å². The number of aromatic carboxylic acids is 1. The molecule has 0 bridgehead atoms. The Hall–Kier alpha value is -3.66. The third kappa shape index (κ3) is 6.56. The summed E-state index contributed by atoms with van der Waals surface area (Å²) in [5, 5.41) is 31.5. The van der Waals surface area contributed by atoms with Gasteiger partial charge in [0, 0.05) is 6.54 Å². The van der Waals surface area contributed by atoms with Crippen LogP contribution in [0.5, 0.6) is 5.88 Å². The van der Waals surface area contributed by atoms with Crippen LogP contribution in [0.3, 0.4) is 0 Å². The molecule has 0 fully saturated rings. The van der Waals surface area contributed by atoms with Gasteiger partial charge >= 0.3 is 5.97 Å². The van der Waals surface area contributed by atoms with Crippen LogP contribution in [-0.2, 0) is 20.0 Å². The summed E-state index contributed by atoms with van der Waals surface area (Å²) in [6.07, 6.45) is 0. The summed E-state index contributed by atoms with van der Waals surface area (Å²) in [6.45, 7) is 5.78. The molecule has 3 aromatic rings. The van der Waals surface area contributed by atoms with Gasteiger partial charge in [0.1, 0.15) is 0 Å². The summed E-state index contributed by atoms with van der Waals surface area (Å²) in [5.74, 6) is -2.24. The lowest BCUT2D eigenvalue weighted by atomic mass is 10.3. The average Bonchev–Trinajstić information content (AvgIpc) is 3.19. The topological polar surface area (TPSA) is 192 Å². The molecular formula is C22H25N5O8S2. The van der Waals surface area contributed by atoms with E-state index in [0.29, 0.717) is 6.54 Å². The molecule has 37 heavy (non-hydrogen) atoms. The summed E-state index contributed by atoms with van der Waals surface area (Å²) in [7, 11) is -7.97. The normalized spacial score (nSPS) is 12.4. The fraction of sp³-hybridized carbons (Fsp3) is 0.273. The third-order valence-corrected chi connectivity index (χ3v) is 8.03. The molecule has 1 aromatic heterocycles. The molecule has 13 nitrogen and oxygen atoms in total. The van der Waals surface area contributed by atoms with E-state index in [2.05, 4.69) is 15.3 Å². The molecule has 0 amide bonds. The van der Waals surface area contributed by atoms with E-state index >= 15 is 0 Å². The van der Waals surface area contributed by atoms with Gasteiger partial charge in [-0.05, 0) is 61.6 Å². The van der Waals surface area contributed by atoms with Gasteiger partial charge in [-0.3, -0.25) is 4.55 Å². The molecule has 15 heteroatoms. The van der Waals surface area contributed by atoms with Crippen LogP contribution in [-0.4, -0.2) is 77.6 Å². The number of hydrogen-bond donors (Lipinski definition) is 3. The van der Waals surface area contributed by atoms with E-state index in [-0.39, 0.29) is 22.0 Å². The Morgan fingerprint density at radius 3 is 2.03 bits per heavy atom. The van der Waals surface area contributed by atoms with Crippen molar-refractivity contribution >= 4 is 37.3 Å². The Morgan fingerprint density at radius 2 is 1.51 bits per heavy atom. The van der Waals surface area contributed by atoms with Gasteiger partial charge in [0.15, 0.2) is 15.5 Å². The zero-order valence-corrected chi connectivity index (χ0v) is 21.5. The molecule has 0 atom stereocenters. The Kier molecular flexibility index (Phi) is 8.42. The highest BCUT2D eigenvalue weighted by Crippen LogP contribution is 2.34. The second-order valence-electron chi connectivity index (χ2n) is 7.75. The lowest BCUT2D eigenvalue weighted by Crippen LogP contribution is -2.29. The maximum absolute atomic E-state index is 12.6. The van der Waals surface area contributed by atoms with Crippen LogP contribution in [0.25, 0.3) is 5.69 Å². The van der Waals surface area contributed by atoms with E-state index in [9.17, 15) is 31.8 Å². The van der Waals surface area contributed by atoms with Crippen molar-refractivity contribution < 1.29 is 36.4 Å². The zero-order chi connectivity index (χ0) is 27.4. The van der Waals surface area contributed by atoms with Crippen molar-refractivity contribution in [1.82, 2.24) is 14.7 Å². The highest BCUT2D eigenvalue weighted by Gasteiger charge is 2.24. The predicted molar refractivity (Wildman–Crippen MR) is 132 cm³/mol. The summed E-state index contributed by atoms with van der Waals surface area (Å²) in [5.41, 5.74) is -0.810. The number of nitrogens with zero attached hydrogens (tertiary/aromatic N) is 5. The van der Waals surface area contributed by atoms with Gasteiger partial charge in [-0.2, -0.15) is 23.3 Å². The first-order valence-corrected chi connectivity index (χ1v) is 14.1. The average molecular weight is 552 g/mol. The lowest BCUT2D eigenvalue weighted by molar-refractivity contribution is 0.0690. The number of carbonyl (C=O) groups is 1. The number of aromatic nitrogens is 2. The van der Waals surface area contributed by atoms with E-state index in [1.807, 2.05) is 18.7 Å². The molecule has 0 aliphatic rings. The number of hydrogen-bond acceptors (Lipinski definition) is 10. The number of carboxylic acids is 1. The lowest BCUT2D eigenvalue weighted by Gasteiger charge is -2.17. The molecule has 198 valence electrons. The second-order valence-corrected chi connectivity index (χ2v) is 11.3. The van der Waals surface area contributed by atoms with Crippen LogP contribution < -0.4 is 0 Å². The fourth-order valence-corrected chi connectivity index (χ4v) is 5.08. The van der Waals surface area contributed by atoms with Gasteiger partial charge in [0.25, 0.3) is 10.1 Å². The molecule has 0 unspecified atom stereocenters. The first-order chi connectivity index (χ1) is 17.4. The maximum atomic E-state index is 12.6. The summed E-state index contributed by atoms with van der Waals surface area (Å²) in [4.78, 5) is 13.4. The molecule has 2 aromatic carbocycles. The van der Waals surface area contributed by atoms with E-state index in [1.54, 1.807) is 0 Å². The molecule has 0 saturated heterocycles. The van der Waals surface area contributed by atoms with Crippen LogP contribution in [0, 0.1) is 0 Å². The van der Waals surface area contributed by atoms with Crippen LogP contribution in [0.4, 0.5) is 11.4 Å². The van der Waals surface area contributed by atoms with Gasteiger partial charge < -0.3 is 15.1 Å². The van der Waals surface area contributed by atoms with Crippen molar-refractivity contribution in [2.45, 2.75) is 23.6 Å². The van der Waals surface area contributed by atoms with Gasteiger partial charge in [0.05, 0.1) is 26.9 Å². The molecule has 0 radical (unpaired) electrons. The third-order valence-electron chi connectivity index (χ3n) is 5.45. The smallest absolute Gasteiger partial charge is 0.358 e. The number of carboxylic acid groups (broad SMARTS) is 1. The van der Waals surface area contributed by atoms with Crippen LogP contribution in [0.15, 0.2) is 68.6 Å². The first-order valence-electron chi connectivity index (χ1n) is 11.0. The summed E-state index contributed by atoms with van der Waals surface area (Å²) < 4.78 is 57.5. The van der Waals surface area contributed by atoms with Crippen molar-refractivity contribution in [1.29, 1.82) is 0 Å². The molecule has 3 rings (SSSR count). The molecule has 3 N–H and O–H groups in total. The minimum atomic E-state index is -4.45. The monoisotopic (exact) mass is 551 g/mol. The Morgan fingerprint density at radius 1 is 0.946 bits per heavy atom. The van der Waals surface area contributed by atoms with E-state index in [4.69, 9.17) is 4.55 Å². The van der Waals surface area contributed by atoms with Crippen molar-refractivity contribution in [3.05, 3.63) is 54.2 Å². The zero-order valence-electron chi connectivity index (χ0n) is 19.9. The first kappa shape index (κ1) is 27.9. The molecular weight excluding hydrogens is 526 g/mol. The van der Waals surface area contributed by atoms with Crippen molar-refractivity contribution in [3.63, 3.8) is 0 Å². The van der Waals surface area contributed by atoms with Gasteiger partial charge in [-0.15, -0.1) is 5.11 Å². The summed E-state index contributed by atoms with van der Waals surface area (Å²) >= 11 is 0. The Labute approximate surface area is 213 Å². The van der Waals surface area contributed by atoms with Gasteiger partial charge in [-0.1, -0.05) is 13.8 Å². The molecule has 1 heterocycles. The molecule has 0 aliphatic carbocycles. The molecule has 0 aliphatic heterocycles. The number of sulfone groups is 1. The maximum Gasteiger partial charge on any atom is 0.358 e. The molecule has 0 saturated carbocycles. The quantitative estimate of drug-likeness (QED) is 0.236. The number of benzene rings is 2. The number of azo groups is 1. The van der Waals surface area contributed by atoms with Crippen LogP contribution in [0.2, 0.25) is 0 Å². The minimum Gasteiger partial charge on any atom is -0.492 e.